The summed E-state index contributed by atoms with van der Waals surface area (Å²) in [5.74, 6) is -1.30. The van der Waals surface area contributed by atoms with E-state index >= 15 is 0 Å². The number of hydrogen-bond acceptors (Lipinski definition) is 5. The molecule has 0 N–H and O–H groups in total. The molecule has 0 aliphatic rings. The number of benzene rings is 1. The zero-order valence-corrected chi connectivity index (χ0v) is 13.4. The molecule has 0 bridgehead atoms. The van der Waals surface area contributed by atoms with Crippen molar-refractivity contribution in [2.45, 2.75) is 13.3 Å². The lowest BCUT2D eigenvalue weighted by Crippen LogP contribution is -2.20. The van der Waals surface area contributed by atoms with Crippen LogP contribution in [0.3, 0.4) is 0 Å². The molecule has 0 spiro atoms. The molecule has 1 rings (SSSR count). The van der Waals surface area contributed by atoms with Crippen LogP contribution in [0.15, 0.2) is 12.1 Å². The quantitative estimate of drug-likeness (QED) is 0.553. The Morgan fingerprint density at radius 1 is 1.05 bits per heavy atom. The Morgan fingerprint density at radius 3 is 2.19 bits per heavy atom. The standard InChI is InChI=1S/C13H13Cl3O5/c1-2-3-20-11(17)6-19-7-12(18)21-13-9(15)4-8(14)5-10(13)16/h4-5H,2-3,6-7H2,1H3. The number of carbonyl (C=O) groups excluding carboxylic acids is 2. The van der Waals surface area contributed by atoms with Crippen molar-refractivity contribution in [3.05, 3.63) is 27.2 Å². The number of carbonyl (C=O) groups is 2. The minimum Gasteiger partial charge on any atom is -0.464 e. The Bertz CT molecular complexity index is 496. The molecule has 1 aromatic carbocycles. The van der Waals surface area contributed by atoms with Gasteiger partial charge in [-0.2, -0.15) is 0 Å². The number of esters is 2. The second-order valence-corrected chi connectivity index (χ2v) is 5.14. The van der Waals surface area contributed by atoms with Crippen LogP contribution in [0.2, 0.25) is 15.1 Å². The fourth-order valence-corrected chi connectivity index (χ4v) is 2.14. The highest BCUT2D eigenvalue weighted by Gasteiger charge is 2.14. The first-order valence-electron chi connectivity index (χ1n) is 6.02. The van der Waals surface area contributed by atoms with Crippen LogP contribution in [0.4, 0.5) is 0 Å². The highest BCUT2D eigenvalue weighted by molar-refractivity contribution is 6.40. The number of halogens is 3. The molecule has 0 unspecified atom stereocenters. The van der Waals surface area contributed by atoms with E-state index in [0.29, 0.717) is 18.1 Å². The van der Waals surface area contributed by atoms with Crippen molar-refractivity contribution in [2.24, 2.45) is 0 Å². The van der Waals surface area contributed by atoms with Crippen LogP contribution >= 0.6 is 34.8 Å². The summed E-state index contributed by atoms with van der Waals surface area (Å²) in [4.78, 5) is 22.7. The van der Waals surface area contributed by atoms with Gasteiger partial charge in [0, 0.05) is 5.02 Å². The lowest BCUT2D eigenvalue weighted by atomic mass is 10.3. The van der Waals surface area contributed by atoms with E-state index < -0.39 is 18.5 Å². The van der Waals surface area contributed by atoms with Gasteiger partial charge in [0.2, 0.25) is 0 Å². The summed E-state index contributed by atoms with van der Waals surface area (Å²) in [5, 5.41) is 0.520. The van der Waals surface area contributed by atoms with Gasteiger partial charge < -0.3 is 14.2 Å². The van der Waals surface area contributed by atoms with Gasteiger partial charge in [0.1, 0.15) is 13.2 Å². The average molecular weight is 356 g/mol. The van der Waals surface area contributed by atoms with E-state index in [1.807, 2.05) is 6.92 Å². The van der Waals surface area contributed by atoms with Gasteiger partial charge in [-0.05, 0) is 18.6 Å². The third kappa shape index (κ3) is 6.52. The molecule has 0 aromatic heterocycles. The smallest absolute Gasteiger partial charge is 0.337 e. The predicted octanol–water partition coefficient (Wildman–Crippen LogP) is 3.52. The zero-order valence-electron chi connectivity index (χ0n) is 11.2. The predicted molar refractivity (Wildman–Crippen MR) is 79.2 cm³/mol. The van der Waals surface area contributed by atoms with Crippen molar-refractivity contribution in [3.63, 3.8) is 0 Å². The second-order valence-electron chi connectivity index (χ2n) is 3.89. The lowest BCUT2D eigenvalue weighted by Gasteiger charge is -2.09. The van der Waals surface area contributed by atoms with E-state index in [4.69, 9.17) is 49.0 Å². The van der Waals surface area contributed by atoms with Crippen molar-refractivity contribution in [2.75, 3.05) is 19.8 Å². The van der Waals surface area contributed by atoms with Crippen molar-refractivity contribution in [1.82, 2.24) is 0 Å². The fraction of sp³-hybridized carbons (Fsp3) is 0.385. The Kier molecular flexibility index (Phi) is 7.82. The molecule has 0 aliphatic carbocycles. The lowest BCUT2D eigenvalue weighted by molar-refractivity contribution is -0.151. The van der Waals surface area contributed by atoms with E-state index in [1.54, 1.807) is 0 Å². The normalized spacial score (nSPS) is 10.3. The third-order valence-corrected chi connectivity index (χ3v) is 2.87. The minimum absolute atomic E-state index is 0.00936. The Balaban J connectivity index is 2.43. The largest absolute Gasteiger partial charge is 0.464 e. The SMILES string of the molecule is CCCOC(=O)COCC(=O)Oc1c(Cl)cc(Cl)cc1Cl. The van der Waals surface area contributed by atoms with Crippen molar-refractivity contribution >= 4 is 46.7 Å². The Hall–Kier alpha value is -1.01. The molecule has 0 saturated carbocycles. The van der Waals surface area contributed by atoms with Gasteiger partial charge in [-0.25, -0.2) is 9.59 Å². The van der Waals surface area contributed by atoms with Crippen LogP contribution in [0, 0.1) is 0 Å². The van der Waals surface area contributed by atoms with Crippen LogP contribution in [0.5, 0.6) is 5.75 Å². The van der Waals surface area contributed by atoms with Crippen LogP contribution in [-0.2, 0) is 19.1 Å². The number of hydrogen-bond donors (Lipinski definition) is 0. The molecule has 0 heterocycles. The van der Waals surface area contributed by atoms with Crippen molar-refractivity contribution in [3.8, 4) is 5.75 Å². The van der Waals surface area contributed by atoms with Crippen molar-refractivity contribution < 1.29 is 23.8 Å². The summed E-state index contributed by atoms with van der Waals surface area (Å²) in [6.45, 7) is 1.40. The first-order valence-corrected chi connectivity index (χ1v) is 7.16. The summed E-state index contributed by atoms with van der Waals surface area (Å²) in [6, 6.07) is 2.78. The molecule has 5 nitrogen and oxygen atoms in total. The van der Waals surface area contributed by atoms with Crippen molar-refractivity contribution in [1.29, 1.82) is 0 Å². The topological polar surface area (TPSA) is 61.8 Å². The number of ether oxygens (including phenoxy) is 3. The molecule has 0 fully saturated rings. The summed E-state index contributed by atoms with van der Waals surface area (Å²) in [5.41, 5.74) is 0. The highest BCUT2D eigenvalue weighted by atomic mass is 35.5. The minimum atomic E-state index is -0.746. The maximum absolute atomic E-state index is 11.5. The van der Waals surface area contributed by atoms with E-state index in [0.717, 1.165) is 0 Å². The van der Waals surface area contributed by atoms with Gasteiger partial charge in [-0.3, -0.25) is 0 Å². The monoisotopic (exact) mass is 354 g/mol. The van der Waals surface area contributed by atoms with Gasteiger partial charge in [0.25, 0.3) is 0 Å². The maximum Gasteiger partial charge on any atom is 0.337 e. The van der Waals surface area contributed by atoms with Gasteiger partial charge in [-0.15, -0.1) is 0 Å². The van der Waals surface area contributed by atoms with Crippen LogP contribution < -0.4 is 4.74 Å². The number of rotatable bonds is 7. The van der Waals surface area contributed by atoms with Crippen LogP contribution in [-0.4, -0.2) is 31.8 Å². The first kappa shape index (κ1) is 18.0. The van der Waals surface area contributed by atoms with Gasteiger partial charge in [-0.1, -0.05) is 41.7 Å². The molecule has 116 valence electrons. The molecular weight excluding hydrogens is 342 g/mol. The summed E-state index contributed by atoms with van der Waals surface area (Å²) in [7, 11) is 0. The molecule has 1 aromatic rings. The molecule has 0 amide bonds. The third-order valence-electron chi connectivity index (χ3n) is 2.09. The molecule has 8 heteroatoms. The van der Waals surface area contributed by atoms with Crippen LogP contribution in [0.25, 0.3) is 0 Å². The summed E-state index contributed by atoms with van der Waals surface area (Å²) < 4.78 is 14.6. The molecule has 21 heavy (non-hydrogen) atoms. The van der Waals surface area contributed by atoms with Gasteiger partial charge >= 0.3 is 11.9 Å². The van der Waals surface area contributed by atoms with E-state index in [-0.39, 0.29) is 22.4 Å². The molecule has 0 radical (unpaired) electrons. The molecular formula is C13H13Cl3O5. The van der Waals surface area contributed by atoms with Gasteiger partial charge in [0.15, 0.2) is 5.75 Å². The van der Waals surface area contributed by atoms with E-state index in [1.165, 1.54) is 12.1 Å². The first-order chi connectivity index (χ1) is 9.93. The summed E-state index contributed by atoms with van der Waals surface area (Å²) >= 11 is 17.5. The van der Waals surface area contributed by atoms with Gasteiger partial charge in [0.05, 0.1) is 16.7 Å². The highest BCUT2D eigenvalue weighted by Crippen LogP contribution is 2.35. The fourth-order valence-electron chi connectivity index (χ4n) is 1.25. The van der Waals surface area contributed by atoms with Crippen LogP contribution in [0.1, 0.15) is 13.3 Å². The molecule has 0 aliphatic heterocycles. The molecule has 0 saturated heterocycles. The van der Waals surface area contributed by atoms with E-state index in [9.17, 15) is 9.59 Å². The molecule has 0 atom stereocenters. The Labute approximate surface area is 137 Å². The average Bonchev–Trinajstić information content (AvgIpc) is 2.40. The Morgan fingerprint density at radius 2 is 1.62 bits per heavy atom. The zero-order chi connectivity index (χ0) is 15.8. The second kappa shape index (κ2) is 9.10. The summed E-state index contributed by atoms with van der Waals surface area (Å²) in [6.07, 6.45) is 0.710. The van der Waals surface area contributed by atoms with E-state index in [2.05, 4.69) is 0 Å². The maximum atomic E-state index is 11.5.